The van der Waals surface area contributed by atoms with Crippen LogP contribution in [-0.2, 0) is 11.6 Å². The van der Waals surface area contributed by atoms with Gasteiger partial charge in [-0.25, -0.2) is 0 Å². The number of hydrogen-bond acceptors (Lipinski definition) is 2. The predicted molar refractivity (Wildman–Crippen MR) is 22.0 cm³/mol. The molecule has 0 fully saturated rings. The first-order valence-electron chi connectivity index (χ1n) is 1.31. The van der Waals surface area contributed by atoms with Crippen LogP contribution in [0.15, 0.2) is 0 Å². The minimum atomic E-state index is 0.119. The molecular formula is C2H6NOS+. The molecule has 0 radical (unpaired) electrons. The molecule has 0 atom stereocenters. The second kappa shape index (κ2) is 3.98. The van der Waals surface area contributed by atoms with Crippen LogP contribution in [0.3, 0.4) is 0 Å². The third kappa shape index (κ3) is 3.98. The van der Waals surface area contributed by atoms with Crippen molar-refractivity contribution < 1.29 is 5.11 Å². The van der Waals surface area contributed by atoms with Crippen LogP contribution in [0.25, 0.3) is 0 Å². The molecule has 0 aliphatic heterocycles. The van der Waals surface area contributed by atoms with Gasteiger partial charge in [-0.1, -0.05) is 0 Å². The largest absolute Gasteiger partial charge is 0.391 e. The maximum atomic E-state index is 7.93. The van der Waals surface area contributed by atoms with Crippen molar-refractivity contribution in [3.8, 4) is 0 Å². The standard InChI is InChI=1S/C2H6NOS/c3-5-2-1-4/h3-4H,1-2H2/q+1. The van der Waals surface area contributed by atoms with Crippen molar-refractivity contribution in [2.75, 3.05) is 12.4 Å². The highest BCUT2D eigenvalue weighted by Crippen LogP contribution is 1.52. The monoisotopic (exact) mass is 92.0 g/mol. The highest BCUT2D eigenvalue weighted by Gasteiger charge is 1.82. The third-order valence-electron chi connectivity index (χ3n) is 0.193. The summed E-state index contributed by atoms with van der Waals surface area (Å²) in [6.45, 7) is 0.119. The first kappa shape index (κ1) is 4.98. The first-order valence-corrected chi connectivity index (χ1v) is 2.29. The molecule has 2 N–H and O–H groups in total. The summed E-state index contributed by atoms with van der Waals surface area (Å²) >= 11 is 0.902. The number of nitrogens with one attached hydrogen (secondary N) is 1. The lowest BCUT2D eigenvalue weighted by Crippen LogP contribution is -1.84. The van der Waals surface area contributed by atoms with Crippen LogP contribution in [0.1, 0.15) is 0 Å². The molecule has 0 spiro atoms. The molecule has 0 amide bonds. The Balaban J connectivity index is 2.40. The van der Waals surface area contributed by atoms with E-state index in [1.165, 1.54) is 0 Å². The van der Waals surface area contributed by atoms with E-state index >= 15 is 0 Å². The van der Waals surface area contributed by atoms with Gasteiger partial charge in [0.1, 0.15) is 0 Å². The van der Waals surface area contributed by atoms with Gasteiger partial charge in [0.15, 0.2) is 0 Å². The van der Waals surface area contributed by atoms with Crippen molar-refractivity contribution in [1.29, 1.82) is 4.78 Å². The van der Waals surface area contributed by atoms with Gasteiger partial charge in [0.2, 0.25) is 5.75 Å². The van der Waals surface area contributed by atoms with Gasteiger partial charge in [-0.05, 0) is 4.78 Å². The predicted octanol–water partition coefficient (Wildman–Crippen LogP) is -0.176. The van der Waals surface area contributed by atoms with Gasteiger partial charge in [-0.3, -0.25) is 0 Å². The quantitative estimate of drug-likeness (QED) is 0.456. The Morgan fingerprint density at radius 2 is 2.40 bits per heavy atom. The average molecular weight is 92.1 g/mol. The second-order valence-corrected chi connectivity index (χ2v) is 1.27. The molecule has 0 aliphatic rings. The highest BCUT2D eigenvalue weighted by atomic mass is 32.1. The van der Waals surface area contributed by atoms with Gasteiger partial charge in [-0.15, -0.1) is 0 Å². The van der Waals surface area contributed by atoms with Crippen LogP contribution in [0, 0.1) is 4.78 Å². The molecule has 0 heterocycles. The summed E-state index contributed by atoms with van der Waals surface area (Å²) in [5.74, 6) is 0.528. The maximum absolute atomic E-state index is 7.93. The van der Waals surface area contributed by atoms with Crippen molar-refractivity contribution in [1.82, 2.24) is 0 Å². The Morgan fingerprint density at radius 3 is 2.40 bits per heavy atom. The highest BCUT2D eigenvalue weighted by molar-refractivity contribution is 7.66. The molecule has 2 nitrogen and oxygen atoms in total. The minimum Gasteiger partial charge on any atom is -0.391 e. The van der Waals surface area contributed by atoms with Crippen molar-refractivity contribution in [3.63, 3.8) is 0 Å². The number of aliphatic hydroxyl groups excluding tert-OH is 1. The Labute approximate surface area is 34.7 Å². The van der Waals surface area contributed by atoms with Gasteiger partial charge in [0, 0.05) is 0 Å². The van der Waals surface area contributed by atoms with E-state index in [9.17, 15) is 0 Å². The Kier molecular flexibility index (Phi) is 3.96. The normalized spacial score (nSPS) is 7.40. The average Bonchev–Trinajstić information content (AvgIpc) is 1.41. The summed E-state index contributed by atoms with van der Waals surface area (Å²) < 4.78 is 6.36. The Bertz CT molecular complexity index is 30.8. The summed E-state index contributed by atoms with van der Waals surface area (Å²) in [4.78, 5) is 0. The number of hydrogen-bond donors (Lipinski definition) is 2. The van der Waals surface area contributed by atoms with E-state index in [0.29, 0.717) is 5.75 Å². The van der Waals surface area contributed by atoms with E-state index < -0.39 is 0 Å². The topological polar surface area (TPSA) is 44.1 Å². The van der Waals surface area contributed by atoms with Crippen LogP contribution in [0.2, 0.25) is 0 Å². The molecule has 0 aromatic rings. The van der Waals surface area contributed by atoms with Crippen LogP contribution >= 0.6 is 0 Å². The van der Waals surface area contributed by atoms with Gasteiger partial charge >= 0.3 is 11.6 Å². The summed E-state index contributed by atoms with van der Waals surface area (Å²) in [5, 5.41) is 7.93. The molecule has 3 heteroatoms. The number of rotatable bonds is 2. The van der Waals surface area contributed by atoms with E-state index in [4.69, 9.17) is 9.89 Å². The van der Waals surface area contributed by atoms with Crippen LogP contribution in [-0.4, -0.2) is 17.5 Å². The van der Waals surface area contributed by atoms with Crippen molar-refractivity contribution in [2.45, 2.75) is 0 Å². The molecule has 30 valence electrons. The van der Waals surface area contributed by atoms with Gasteiger partial charge in [-0.2, -0.15) is 0 Å². The summed E-state index contributed by atoms with van der Waals surface area (Å²) in [7, 11) is 0. The Hall–Kier alpha value is -0.0200. The van der Waals surface area contributed by atoms with E-state index in [1.54, 1.807) is 0 Å². The van der Waals surface area contributed by atoms with Gasteiger partial charge in [0.05, 0.1) is 6.61 Å². The zero-order valence-corrected chi connectivity index (χ0v) is 3.59. The summed E-state index contributed by atoms with van der Waals surface area (Å²) in [6, 6.07) is 0. The molecule has 0 rings (SSSR count). The first-order chi connectivity index (χ1) is 2.41. The van der Waals surface area contributed by atoms with Gasteiger partial charge in [0.25, 0.3) is 0 Å². The van der Waals surface area contributed by atoms with Gasteiger partial charge < -0.3 is 5.11 Å². The van der Waals surface area contributed by atoms with Crippen LogP contribution in [0.4, 0.5) is 0 Å². The molecule has 0 aromatic carbocycles. The third-order valence-corrected chi connectivity index (χ3v) is 0.580. The fraction of sp³-hybridized carbons (Fsp3) is 1.00. The van der Waals surface area contributed by atoms with E-state index in [1.807, 2.05) is 0 Å². The molecule has 0 bridgehead atoms. The summed E-state index contributed by atoms with van der Waals surface area (Å²) in [5.41, 5.74) is 0. The van der Waals surface area contributed by atoms with E-state index in [0.717, 1.165) is 11.6 Å². The fourth-order valence-electron chi connectivity index (χ4n) is 0.0456. The molecule has 0 aromatic heterocycles. The van der Waals surface area contributed by atoms with E-state index in [-0.39, 0.29) is 6.61 Å². The minimum absolute atomic E-state index is 0.119. The van der Waals surface area contributed by atoms with Crippen molar-refractivity contribution in [3.05, 3.63) is 0 Å². The zero-order chi connectivity index (χ0) is 4.12. The number of aliphatic hydroxyl groups is 1. The van der Waals surface area contributed by atoms with Crippen LogP contribution < -0.4 is 0 Å². The smallest absolute Gasteiger partial charge is 0.310 e. The van der Waals surface area contributed by atoms with E-state index in [2.05, 4.69) is 0 Å². The molecular weight excluding hydrogens is 86.1 g/mol. The molecule has 0 aliphatic carbocycles. The molecule has 0 saturated heterocycles. The SMILES string of the molecule is N=[S+]CCO. The van der Waals surface area contributed by atoms with Crippen molar-refractivity contribution in [2.24, 2.45) is 0 Å². The van der Waals surface area contributed by atoms with Crippen LogP contribution in [0.5, 0.6) is 0 Å². The zero-order valence-electron chi connectivity index (χ0n) is 2.77. The lowest BCUT2D eigenvalue weighted by Gasteiger charge is -1.59. The lowest BCUT2D eigenvalue weighted by atomic mass is 10.9. The summed E-state index contributed by atoms with van der Waals surface area (Å²) in [6.07, 6.45) is 0. The fourth-order valence-corrected chi connectivity index (χ4v) is 0.137. The molecule has 0 unspecified atom stereocenters. The Morgan fingerprint density at radius 1 is 1.80 bits per heavy atom. The second-order valence-electron chi connectivity index (χ2n) is 0.572. The lowest BCUT2D eigenvalue weighted by molar-refractivity contribution is 0.322. The molecule has 5 heavy (non-hydrogen) atoms. The van der Waals surface area contributed by atoms with Crippen molar-refractivity contribution >= 4 is 11.6 Å². The molecule has 0 saturated carbocycles. The maximum Gasteiger partial charge on any atom is 0.310 e.